The number of carbonyl (C=O) groups is 1. The summed E-state index contributed by atoms with van der Waals surface area (Å²) in [6.07, 6.45) is 2.67. The third-order valence-corrected chi connectivity index (χ3v) is 5.47. The maximum absolute atomic E-state index is 12.9. The van der Waals surface area contributed by atoms with Crippen molar-refractivity contribution in [2.45, 2.75) is 19.5 Å². The van der Waals surface area contributed by atoms with Gasteiger partial charge >= 0.3 is 0 Å². The summed E-state index contributed by atoms with van der Waals surface area (Å²) in [5, 5.41) is 11.3. The molecule has 1 saturated carbocycles. The Morgan fingerprint density at radius 2 is 2.10 bits per heavy atom. The van der Waals surface area contributed by atoms with Crippen molar-refractivity contribution in [1.82, 2.24) is 20.2 Å². The summed E-state index contributed by atoms with van der Waals surface area (Å²) in [6, 6.07) is 3.39. The second-order valence-electron chi connectivity index (χ2n) is 6.73. The number of halogens is 2. The number of aromatic nitrogens is 4. The molecule has 0 saturated heterocycles. The number of carbonyl (C=O) groups excluding carboxylic acids is 1. The van der Waals surface area contributed by atoms with Gasteiger partial charge < -0.3 is 9.47 Å². The number of hydrogen-bond acceptors (Lipinski definition) is 8. The lowest BCUT2D eigenvalue weighted by molar-refractivity contribution is 0.102. The number of aryl methyl sites for hydroxylation is 1. The number of hydrogen-bond donors (Lipinski definition) is 1. The summed E-state index contributed by atoms with van der Waals surface area (Å²) in [4.78, 5) is 21.2. The molecular weight excluding hydrogens is 433 g/mol. The Morgan fingerprint density at radius 1 is 1.30 bits per heavy atom. The molecule has 30 heavy (non-hydrogen) atoms. The van der Waals surface area contributed by atoms with Crippen LogP contribution in [0.25, 0.3) is 11.1 Å². The zero-order chi connectivity index (χ0) is 21.3. The number of nitrogens with one attached hydrogen (secondary N) is 1. The van der Waals surface area contributed by atoms with Crippen LogP contribution in [0.3, 0.4) is 0 Å². The molecule has 1 aliphatic carbocycles. The molecule has 1 amide bonds. The Bertz CT molecular complexity index is 1100. The van der Waals surface area contributed by atoms with E-state index in [1.165, 1.54) is 19.5 Å². The van der Waals surface area contributed by atoms with Gasteiger partial charge in [0.15, 0.2) is 0 Å². The Labute approximate surface area is 180 Å². The fourth-order valence-corrected chi connectivity index (χ4v) is 3.56. The quantitative estimate of drug-likeness (QED) is 0.545. The van der Waals surface area contributed by atoms with E-state index in [2.05, 4.69) is 25.5 Å². The van der Waals surface area contributed by atoms with Crippen LogP contribution in [0.4, 0.5) is 9.52 Å². The molecule has 1 aliphatic rings. The highest BCUT2D eigenvalue weighted by Crippen LogP contribution is 2.36. The van der Waals surface area contributed by atoms with Gasteiger partial charge in [0.05, 0.1) is 25.5 Å². The van der Waals surface area contributed by atoms with Crippen LogP contribution in [-0.2, 0) is 0 Å². The number of anilines is 1. The molecule has 3 aromatic rings. The Balaban J connectivity index is 1.56. The fourth-order valence-electron chi connectivity index (χ4n) is 2.80. The van der Waals surface area contributed by atoms with Gasteiger partial charge in [0.1, 0.15) is 17.1 Å². The molecule has 8 nitrogen and oxygen atoms in total. The number of rotatable bonds is 7. The standard InChI is InChI=1S/C19H17ClFN5O3S/c1-9-3-11(12-5-16(20)23-7-15(12)28-2)13(6-22-9)17(27)24-18-25-26-19(30-18)29-8-10-4-14(10)21/h3,5-7,10,14H,4,8H2,1-2H3,(H,24,25,27)/t10-,14-/m0/s1. The third-order valence-electron chi connectivity index (χ3n) is 4.51. The van der Waals surface area contributed by atoms with Crippen LogP contribution in [0.5, 0.6) is 10.9 Å². The first-order chi connectivity index (χ1) is 14.4. The molecule has 0 aliphatic heterocycles. The smallest absolute Gasteiger partial charge is 0.295 e. The van der Waals surface area contributed by atoms with Crippen molar-refractivity contribution in [3.05, 3.63) is 40.9 Å². The molecule has 0 unspecified atom stereocenters. The number of methoxy groups -OCH3 is 1. The minimum atomic E-state index is -0.803. The van der Waals surface area contributed by atoms with Crippen molar-refractivity contribution in [2.24, 2.45) is 5.92 Å². The number of alkyl halides is 1. The van der Waals surface area contributed by atoms with Gasteiger partial charge in [-0.1, -0.05) is 16.7 Å². The molecule has 3 heterocycles. The second kappa shape index (κ2) is 8.49. The highest BCUT2D eigenvalue weighted by Gasteiger charge is 2.38. The van der Waals surface area contributed by atoms with Gasteiger partial charge in [-0.3, -0.25) is 15.1 Å². The lowest BCUT2D eigenvalue weighted by atomic mass is 10.0. The van der Waals surface area contributed by atoms with Crippen LogP contribution in [-0.4, -0.2) is 46.0 Å². The van der Waals surface area contributed by atoms with E-state index in [9.17, 15) is 9.18 Å². The van der Waals surface area contributed by atoms with E-state index >= 15 is 0 Å². The largest absolute Gasteiger partial charge is 0.494 e. The number of amides is 1. The zero-order valence-electron chi connectivity index (χ0n) is 16.1. The minimum absolute atomic E-state index is 0.0877. The summed E-state index contributed by atoms with van der Waals surface area (Å²) in [6.45, 7) is 2.06. The van der Waals surface area contributed by atoms with Gasteiger partial charge in [0.25, 0.3) is 11.1 Å². The van der Waals surface area contributed by atoms with Crippen LogP contribution < -0.4 is 14.8 Å². The molecule has 0 spiro atoms. The van der Waals surface area contributed by atoms with E-state index in [-0.39, 0.29) is 28.0 Å². The van der Waals surface area contributed by atoms with Crippen molar-refractivity contribution in [1.29, 1.82) is 0 Å². The summed E-state index contributed by atoms with van der Waals surface area (Å²) in [5.74, 6) is -0.0478. The number of ether oxygens (including phenoxy) is 2. The molecule has 2 atom stereocenters. The van der Waals surface area contributed by atoms with Gasteiger partial charge in [-0.25, -0.2) is 9.37 Å². The lowest BCUT2D eigenvalue weighted by Gasteiger charge is -2.13. The fraction of sp³-hybridized carbons (Fsp3) is 0.316. The molecule has 1 fully saturated rings. The molecule has 1 N–H and O–H groups in total. The Kier molecular flexibility index (Phi) is 5.78. The van der Waals surface area contributed by atoms with Crippen LogP contribution in [0.1, 0.15) is 22.5 Å². The Hall–Kier alpha value is -2.85. The summed E-state index contributed by atoms with van der Waals surface area (Å²) >= 11 is 7.12. The maximum Gasteiger partial charge on any atom is 0.295 e. The number of pyridine rings is 2. The van der Waals surface area contributed by atoms with Crippen LogP contribution >= 0.6 is 22.9 Å². The SMILES string of the molecule is COc1cnc(Cl)cc1-c1cc(C)ncc1C(=O)Nc1nnc(OC[C@@H]2C[C@@H]2F)s1. The predicted octanol–water partition coefficient (Wildman–Crippen LogP) is 3.95. The molecule has 3 aromatic heterocycles. The molecule has 0 aromatic carbocycles. The predicted molar refractivity (Wildman–Crippen MR) is 110 cm³/mol. The van der Waals surface area contributed by atoms with Crippen molar-refractivity contribution < 1.29 is 18.7 Å². The normalized spacial score (nSPS) is 17.5. The highest BCUT2D eigenvalue weighted by molar-refractivity contribution is 7.17. The highest BCUT2D eigenvalue weighted by atomic mass is 35.5. The summed E-state index contributed by atoms with van der Waals surface area (Å²) in [7, 11) is 1.51. The van der Waals surface area contributed by atoms with E-state index in [1.54, 1.807) is 12.1 Å². The molecule has 4 rings (SSSR count). The molecule has 0 radical (unpaired) electrons. The van der Waals surface area contributed by atoms with Crippen molar-refractivity contribution in [2.75, 3.05) is 19.0 Å². The number of nitrogens with zero attached hydrogens (tertiary/aromatic N) is 4. The van der Waals surface area contributed by atoms with Crippen molar-refractivity contribution >= 4 is 34.0 Å². The van der Waals surface area contributed by atoms with Gasteiger partial charge in [0, 0.05) is 28.9 Å². The van der Waals surface area contributed by atoms with E-state index in [1.807, 2.05) is 6.92 Å². The first kappa shape index (κ1) is 20.4. The van der Waals surface area contributed by atoms with E-state index in [4.69, 9.17) is 21.1 Å². The summed E-state index contributed by atoms with van der Waals surface area (Å²) in [5.41, 5.74) is 2.22. The first-order valence-electron chi connectivity index (χ1n) is 9.03. The summed E-state index contributed by atoms with van der Waals surface area (Å²) < 4.78 is 23.7. The maximum atomic E-state index is 12.9. The topological polar surface area (TPSA) is 99.1 Å². The monoisotopic (exact) mass is 449 g/mol. The van der Waals surface area contributed by atoms with Crippen LogP contribution in [0.2, 0.25) is 5.15 Å². The van der Waals surface area contributed by atoms with Gasteiger partial charge in [-0.15, -0.1) is 5.10 Å². The lowest BCUT2D eigenvalue weighted by Crippen LogP contribution is -2.14. The van der Waals surface area contributed by atoms with Gasteiger partial charge in [0.2, 0.25) is 5.13 Å². The molecular formula is C19H17ClFN5O3S. The first-order valence-corrected chi connectivity index (χ1v) is 10.2. The molecule has 11 heteroatoms. The van der Waals surface area contributed by atoms with Gasteiger partial charge in [-0.05, 0) is 36.8 Å². The van der Waals surface area contributed by atoms with Crippen LogP contribution in [0, 0.1) is 12.8 Å². The average Bonchev–Trinajstić information content (AvgIpc) is 3.25. The van der Waals surface area contributed by atoms with Crippen molar-refractivity contribution in [3.63, 3.8) is 0 Å². The Morgan fingerprint density at radius 3 is 2.83 bits per heavy atom. The minimum Gasteiger partial charge on any atom is -0.494 e. The van der Waals surface area contributed by atoms with E-state index in [0.29, 0.717) is 28.9 Å². The third kappa shape index (κ3) is 4.49. The van der Waals surface area contributed by atoms with E-state index < -0.39 is 12.1 Å². The second-order valence-corrected chi connectivity index (χ2v) is 8.06. The van der Waals surface area contributed by atoms with Crippen molar-refractivity contribution in [3.8, 4) is 22.1 Å². The van der Waals surface area contributed by atoms with Gasteiger partial charge in [-0.2, -0.15) is 0 Å². The van der Waals surface area contributed by atoms with Crippen LogP contribution in [0.15, 0.2) is 24.5 Å². The molecule has 156 valence electrons. The zero-order valence-corrected chi connectivity index (χ0v) is 17.6. The van der Waals surface area contributed by atoms with E-state index in [0.717, 1.165) is 17.0 Å². The average molecular weight is 450 g/mol. The molecule has 0 bridgehead atoms.